The van der Waals surface area contributed by atoms with E-state index in [-0.39, 0.29) is 24.3 Å². The van der Waals surface area contributed by atoms with E-state index in [0.29, 0.717) is 13.0 Å². The first-order chi connectivity index (χ1) is 12.0. The minimum atomic E-state index is -0.807. The molecule has 6 heteroatoms. The lowest BCUT2D eigenvalue weighted by atomic mass is 9.73. The number of benzene rings is 1. The minimum absolute atomic E-state index is 0.102. The average Bonchev–Trinajstić information content (AvgIpc) is 3.13. The van der Waals surface area contributed by atoms with Gasteiger partial charge >= 0.3 is 6.03 Å². The van der Waals surface area contributed by atoms with Crippen molar-refractivity contribution in [1.29, 1.82) is 0 Å². The predicted molar refractivity (Wildman–Crippen MR) is 93.1 cm³/mol. The molecule has 2 aliphatic heterocycles. The van der Waals surface area contributed by atoms with E-state index in [1.807, 2.05) is 31.2 Å². The SMILES string of the molecule is C[C@@H]1CCCC[C@@]12NC(=O)N(CC(=O)N1CCc3ccccc31)C2=O. The molecule has 132 valence electrons. The smallest absolute Gasteiger partial charge is 0.323 e. The van der Waals surface area contributed by atoms with E-state index < -0.39 is 11.6 Å². The Bertz CT molecular complexity index is 747. The lowest BCUT2D eigenvalue weighted by Crippen LogP contribution is -2.54. The molecule has 0 bridgehead atoms. The molecule has 2 heterocycles. The van der Waals surface area contributed by atoms with E-state index in [0.717, 1.165) is 41.8 Å². The quantitative estimate of drug-likeness (QED) is 0.837. The number of hydrogen-bond donors (Lipinski definition) is 1. The molecule has 1 N–H and O–H groups in total. The van der Waals surface area contributed by atoms with Crippen LogP contribution in [0.2, 0.25) is 0 Å². The molecule has 0 unspecified atom stereocenters. The fourth-order valence-corrected chi connectivity index (χ4v) is 4.46. The Labute approximate surface area is 147 Å². The van der Waals surface area contributed by atoms with E-state index in [4.69, 9.17) is 0 Å². The van der Waals surface area contributed by atoms with Crippen LogP contribution in [0.1, 0.15) is 38.2 Å². The molecule has 3 aliphatic rings. The molecule has 1 saturated heterocycles. The Morgan fingerprint density at radius 3 is 2.88 bits per heavy atom. The summed E-state index contributed by atoms with van der Waals surface area (Å²) in [4.78, 5) is 41.0. The van der Waals surface area contributed by atoms with Gasteiger partial charge in [-0.05, 0) is 36.8 Å². The van der Waals surface area contributed by atoms with E-state index in [1.54, 1.807) is 4.90 Å². The van der Waals surface area contributed by atoms with Crippen LogP contribution in [0.15, 0.2) is 24.3 Å². The lowest BCUT2D eigenvalue weighted by Gasteiger charge is -2.36. The highest BCUT2D eigenvalue weighted by Gasteiger charge is 2.55. The predicted octanol–water partition coefficient (Wildman–Crippen LogP) is 2.08. The van der Waals surface area contributed by atoms with Crippen LogP contribution in [0.4, 0.5) is 10.5 Å². The molecule has 1 saturated carbocycles. The first-order valence-corrected chi connectivity index (χ1v) is 9.05. The van der Waals surface area contributed by atoms with Crippen molar-refractivity contribution in [2.24, 2.45) is 5.92 Å². The van der Waals surface area contributed by atoms with Crippen molar-refractivity contribution in [3.63, 3.8) is 0 Å². The van der Waals surface area contributed by atoms with Crippen LogP contribution in [0.25, 0.3) is 0 Å². The van der Waals surface area contributed by atoms with Gasteiger partial charge in [0.2, 0.25) is 5.91 Å². The van der Waals surface area contributed by atoms with Crippen LogP contribution in [-0.4, -0.2) is 41.4 Å². The van der Waals surface area contributed by atoms with Gasteiger partial charge in [-0.3, -0.25) is 14.5 Å². The van der Waals surface area contributed by atoms with Crippen molar-refractivity contribution in [3.05, 3.63) is 29.8 Å². The van der Waals surface area contributed by atoms with Crippen molar-refractivity contribution in [2.75, 3.05) is 18.0 Å². The van der Waals surface area contributed by atoms with Crippen LogP contribution >= 0.6 is 0 Å². The number of hydrogen-bond acceptors (Lipinski definition) is 3. The number of carbonyl (C=O) groups excluding carboxylic acids is 3. The van der Waals surface area contributed by atoms with Gasteiger partial charge in [0.1, 0.15) is 12.1 Å². The second-order valence-corrected chi connectivity index (χ2v) is 7.36. The second kappa shape index (κ2) is 5.86. The summed E-state index contributed by atoms with van der Waals surface area (Å²) in [5, 5.41) is 2.90. The number of rotatable bonds is 2. The van der Waals surface area contributed by atoms with Gasteiger partial charge in [-0.25, -0.2) is 4.79 Å². The topological polar surface area (TPSA) is 69.7 Å². The van der Waals surface area contributed by atoms with Gasteiger partial charge in [-0.15, -0.1) is 0 Å². The molecule has 1 aromatic carbocycles. The summed E-state index contributed by atoms with van der Waals surface area (Å²) in [7, 11) is 0. The molecule has 25 heavy (non-hydrogen) atoms. The number of fused-ring (bicyclic) bond motifs is 1. The average molecular weight is 341 g/mol. The Hall–Kier alpha value is -2.37. The summed E-state index contributed by atoms with van der Waals surface area (Å²) in [6, 6.07) is 7.35. The van der Waals surface area contributed by atoms with Crippen molar-refractivity contribution in [3.8, 4) is 0 Å². The maximum absolute atomic E-state index is 13.0. The zero-order valence-corrected chi connectivity index (χ0v) is 14.5. The van der Waals surface area contributed by atoms with E-state index in [9.17, 15) is 14.4 Å². The highest BCUT2D eigenvalue weighted by molar-refractivity contribution is 6.10. The largest absolute Gasteiger partial charge is 0.325 e. The molecule has 2 atom stereocenters. The third-order valence-corrected chi connectivity index (χ3v) is 5.98. The van der Waals surface area contributed by atoms with Crippen LogP contribution < -0.4 is 10.2 Å². The van der Waals surface area contributed by atoms with Crippen molar-refractivity contribution in [2.45, 2.75) is 44.6 Å². The molecule has 4 amide bonds. The molecule has 4 rings (SSSR count). The molecule has 0 radical (unpaired) electrons. The minimum Gasteiger partial charge on any atom is -0.323 e. The van der Waals surface area contributed by atoms with Crippen LogP contribution in [0.3, 0.4) is 0 Å². The standard InChI is InChI=1S/C19H23N3O3/c1-13-6-4-5-10-19(13)17(24)22(18(25)20-19)12-16(23)21-11-9-14-7-2-3-8-15(14)21/h2-3,7-8,13H,4-6,9-12H2,1H3,(H,20,25)/t13-,19-/m1/s1. The molecule has 1 spiro atoms. The van der Waals surface area contributed by atoms with E-state index in [2.05, 4.69) is 5.32 Å². The maximum atomic E-state index is 13.0. The van der Waals surface area contributed by atoms with Gasteiger partial charge in [0.25, 0.3) is 5.91 Å². The van der Waals surface area contributed by atoms with Crippen molar-refractivity contribution in [1.82, 2.24) is 10.2 Å². The number of anilines is 1. The maximum Gasteiger partial charge on any atom is 0.325 e. The summed E-state index contributed by atoms with van der Waals surface area (Å²) < 4.78 is 0. The number of amides is 4. The molecular formula is C19H23N3O3. The zero-order chi connectivity index (χ0) is 17.6. The van der Waals surface area contributed by atoms with Crippen molar-refractivity contribution >= 4 is 23.5 Å². The van der Waals surface area contributed by atoms with E-state index >= 15 is 0 Å². The molecule has 1 aromatic rings. The van der Waals surface area contributed by atoms with Crippen LogP contribution in [-0.2, 0) is 16.0 Å². The van der Waals surface area contributed by atoms with Crippen LogP contribution in [0, 0.1) is 5.92 Å². The number of nitrogens with zero attached hydrogens (tertiary/aromatic N) is 2. The molecule has 6 nitrogen and oxygen atoms in total. The van der Waals surface area contributed by atoms with E-state index in [1.165, 1.54) is 0 Å². The number of para-hydroxylation sites is 1. The van der Waals surface area contributed by atoms with Gasteiger partial charge in [-0.2, -0.15) is 0 Å². The van der Waals surface area contributed by atoms with Gasteiger partial charge in [0, 0.05) is 12.2 Å². The Kier molecular flexibility index (Phi) is 3.78. The summed E-state index contributed by atoms with van der Waals surface area (Å²) in [5.74, 6) is -0.329. The second-order valence-electron chi connectivity index (χ2n) is 7.36. The normalized spacial score (nSPS) is 28.4. The number of nitrogens with one attached hydrogen (secondary N) is 1. The fourth-order valence-electron chi connectivity index (χ4n) is 4.46. The Morgan fingerprint density at radius 2 is 2.08 bits per heavy atom. The summed E-state index contributed by atoms with van der Waals surface area (Å²) in [6.07, 6.45) is 4.40. The van der Waals surface area contributed by atoms with Gasteiger partial charge in [0.15, 0.2) is 0 Å². The van der Waals surface area contributed by atoms with Gasteiger partial charge < -0.3 is 10.2 Å². The number of carbonyl (C=O) groups is 3. The highest BCUT2D eigenvalue weighted by Crippen LogP contribution is 2.38. The lowest BCUT2D eigenvalue weighted by molar-refractivity contribution is -0.136. The summed E-state index contributed by atoms with van der Waals surface area (Å²) in [6.45, 7) is 2.43. The Balaban J connectivity index is 1.52. The Morgan fingerprint density at radius 1 is 1.28 bits per heavy atom. The molecule has 0 aromatic heterocycles. The summed E-state index contributed by atoms with van der Waals surface area (Å²) >= 11 is 0. The van der Waals surface area contributed by atoms with Crippen molar-refractivity contribution < 1.29 is 14.4 Å². The summed E-state index contributed by atoms with van der Waals surface area (Å²) in [5.41, 5.74) is 1.21. The van der Waals surface area contributed by atoms with Gasteiger partial charge in [0.05, 0.1) is 0 Å². The fraction of sp³-hybridized carbons (Fsp3) is 0.526. The number of urea groups is 1. The molecule has 2 fully saturated rings. The highest BCUT2D eigenvalue weighted by atomic mass is 16.2. The zero-order valence-electron chi connectivity index (χ0n) is 14.5. The van der Waals surface area contributed by atoms with Crippen LogP contribution in [0.5, 0.6) is 0 Å². The first kappa shape index (κ1) is 16.1. The monoisotopic (exact) mass is 341 g/mol. The third kappa shape index (κ3) is 2.42. The molecular weight excluding hydrogens is 318 g/mol. The third-order valence-electron chi connectivity index (χ3n) is 5.98. The first-order valence-electron chi connectivity index (χ1n) is 9.05. The number of imide groups is 1. The van der Waals surface area contributed by atoms with Gasteiger partial charge in [-0.1, -0.05) is 38.0 Å². The molecule has 1 aliphatic carbocycles.